The van der Waals surface area contributed by atoms with E-state index in [0.29, 0.717) is 0 Å². The Morgan fingerprint density at radius 2 is 0.846 bits per heavy atom. The van der Waals surface area contributed by atoms with Crippen molar-refractivity contribution in [3.8, 4) is 0 Å². The average Bonchev–Trinajstić information content (AvgIpc) is 3.60. The molecule has 2 unspecified atom stereocenters. The summed E-state index contributed by atoms with van der Waals surface area (Å²) in [4.78, 5) is 4.68. The van der Waals surface area contributed by atoms with Crippen molar-refractivity contribution in [2.75, 3.05) is 33.3 Å². The maximum absolute atomic E-state index is 2.40. The largest absolute Gasteiger partial charge is 0.377 e. The lowest BCUT2D eigenvalue weighted by molar-refractivity contribution is 0.591. The maximum atomic E-state index is 2.40. The zero-order valence-electron chi connectivity index (χ0n) is 22.8. The van der Waals surface area contributed by atoms with Crippen LogP contribution in [-0.4, -0.2) is 43.1 Å². The smallest absolute Gasteiger partial charge is 0.0927 e. The Labute approximate surface area is 240 Å². The molecule has 0 saturated carbocycles. The minimum atomic E-state index is -0.311. The summed E-state index contributed by atoms with van der Waals surface area (Å²) < 4.78 is -0.623. The first-order valence-electron chi connectivity index (χ1n) is 13.4. The molecule has 39 heavy (non-hydrogen) atoms. The number of hydrogen-bond donors (Lipinski definition) is 0. The van der Waals surface area contributed by atoms with Crippen molar-refractivity contribution in [2.45, 2.75) is 9.49 Å². The van der Waals surface area contributed by atoms with Gasteiger partial charge in [0.2, 0.25) is 0 Å². The highest BCUT2D eigenvalue weighted by Gasteiger charge is 2.68. The highest BCUT2D eigenvalue weighted by molar-refractivity contribution is 8.20. The predicted molar refractivity (Wildman–Crippen MR) is 170 cm³/mol. The second-order valence-electron chi connectivity index (χ2n) is 10.8. The Morgan fingerprint density at radius 3 is 1.23 bits per heavy atom. The molecule has 1 saturated heterocycles. The van der Waals surface area contributed by atoms with Crippen LogP contribution in [0.5, 0.6) is 0 Å². The normalized spacial score (nSPS) is 23.1. The SMILES string of the molecule is CN(C)C1=C(c2ccccc2)C2(SCSC23C(c2ccccc2)=C(N(C)C)c2ccccc23)c2ccccc21. The third-order valence-corrected chi connectivity index (χ3v) is 11.8. The van der Waals surface area contributed by atoms with Gasteiger partial charge in [0.15, 0.2) is 0 Å². The lowest BCUT2D eigenvalue weighted by Gasteiger charge is -2.45. The van der Waals surface area contributed by atoms with Crippen molar-refractivity contribution in [1.82, 2.24) is 9.80 Å². The second kappa shape index (κ2) is 9.11. The molecule has 4 aromatic carbocycles. The molecule has 4 aromatic rings. The summed E-state index contributed by atoms with van der Waals surface area (Å²) in [5.74, 6) is 0. The van der Waals surface area contributed by atoms with Crippen LogP contribution in [-0.2, 0) is 9.49 Å². The van der Waals surface area contributed by atoms with Crippen LogP contribution in [0.15, 0.2) is 109 Å². The summed E-state index contributed by atoms with van der Waals surface area (Å²) in [7, 11) is 8.81. The topological polar surface area (TPSA) is 6.48 Å². The van der Waals surface area contributed by atoms with Crippen molar-refractivity contribution in [3.05, 3.63) is 143 Å². The van der Waals surface area contributed by atoms with Crippen molar-refractivity contribution in [3.63, 3.8) is 0 Å². The van der Waals surface area contributed by atoms with Crippen molar-refractivity contribution >= 4 is 46.1 Å². The minimum absolute atomic E-state index is 0.311. The van der Waals surface area contributed by atoms with E-state index in [1.165, 1.54) is 55.9 Å². The van der Waals surface area contributed by atoms with E-state index in [-0.39, 0.29) is 9.49 Å². The van der Waals surface area contributed by atoms with Gasteiger partial charge in [-0.15, -0.1) is 23.5 Å². The summed E-state index contributed by atoms with van der Waals surface area (Å²) in [6.07, 6.45) is 0. The summed E-state index contributed by atoms with van der Waals surface area (Å²) in [5.41, 5.74) is 13.6. The Hall–Kier alpha value is -3.34. The summed E-state index contributed by atoms with van der Waals surface area (Å²) in [6.45, 7) is 0. The van der Waals surface area contributed by atoms with Gasteiger partial charge >= 0.3 is 0 Å². The van der Waals surface area contributed by atoms with E-state index < -0.39 is 0 Å². The number of thioether (sulfide) groups is 2. The molecule has 0 radical (unpaired) electrons. The highest BCUT2D eigenvalue weighted by atomic mass is 32.2. The molecule has 0 N–H and O–H groups in total. The first kappa shape index (κ1) is 24.7. The number of benzene rings is 4. The van der Waals surface area contributed by atoms with Crippen LogP contribution in [0.4, 0.5) is 0 Å². The van der Waals surface area contributed by atoms with E-state index in [2.05, 4.69) is 171 Å². The van der Waals surface area contributed by atoms with Gasteiger partial charge in [-0.05, 0) is 22.3 Å². The van der Waals surface area contributed by atoms with Gasteiger partial charge in [-0.1, -0.05) is 109 Å². The zero-order valence-corrected chi connectivity index (χ0v) is 24.4. The standard InChI is InChI=1S/C35H32N2S2/c1-36(2)32-26-19-11-13-21-28(26)34(30(32)24-15-7-5-8-16-24)35(39-23-38-34)29-22-14-12-20-27(29)33(37(3)4)31(35)25-17-9-6-10-18-25/h5-22H,23H2,1-4H3. The van der Waals surface area contributed by atoms with Crippen LogP contribution in [0.2, 0.25) is 0 Å². The Morgan fingerprint density at radius 1 is 0.487 bits per heavy atom. The molecule has 1 heterocycles. The van der Waals surface area contributed by atoms with Crippen LogP contribution in [0.3, 0.4) is 0 Å². The van der Waals surface area contributed by atoms with Gasteiger partial charge in [-0.2, -0.15) is 0 Å². The number of hydrogen-bond acceptors (Lipinski definition) is 4. The third-order valence-electron chi connectivity index (χ3n) is 8.37. The van der Waals surface area contributed by atoms with Crippen molar-refractivity contribution in [1.29, 1.82) is 0 Å². The van der Waals surface area contributed by atoms with Crippen molar-refractivity contribution < 1.29 is 0 Å². The third kappa shape index (κ3) is 3.19. The Kier molecular flexibility index (Phi) is 5.76. The maximum Gasteiger partial charge on any atom is 0.0927 e. The van der Waals surface area contributed by atoms with Gasteiger partial charge in [-0.3, -0.25) is 0 Å². The summed E-state index contributed by atoms with van der Waals surface area (Å²) >= 11 is 4.23. The molecule has 2 atom stereocenters. The fourth-order valence-corrected chi connectivity index (χ4v) is 11.3. The molecular formula is C35H32N2S2. The van der Waals surface area contributed by atoms with E-state index in [4.69, 9.17) is 0 Å². The van der Waals surface area contributed by atoms with E-state index >= 15 is 0 Å². The lowest BCUT2D eigenvalue weighted by Crippen LogP contribution is -2.41. The number of fused-ring (bicyclic) bond motifs is 5. The van der Waals surface area contributed by atoms with E-state index in [9.17, 15) is 0 Å². The minimum Gasteiger partial charge on any atom is -0.377 e. The summed E-state index contributed by atoms with van der Waals surface area (Å²) in [5, 5.41) is 1.01. The van der Waals surface area contributed by atoms with Crippen LogP contribution < -0.4 is 0 Å². The summed E-state index contributed by atoms with van der Waals surface area (Å²) in [6, 6.07) is 40.6. The van der Waals surface area contributed by atoms with Crippen LogP contribution >= 0.6 is 23.5 Å². The molecule has 7 rings (SSSR count). The Balaban J connectivity index is 1.69. The highest BCUT2D eigenvalue weighted by Crippen LogP contribution is 2.79. The average molecular weight is 545 g/mol. The zero-order chi connectivity index (χ0) is 26.8. The van der Waals surface area contributed by atoms with Gasteiger partial charge < -0.3 is 9.80 Å². The van der Waals surface area contributed by atoms with Gasteiger partial charge in [0.25, 0.3) is 0 Å². The van der Waals surface area contributed by atoms with Crippen molar-refractivity contribution in [2.24, 2.45) is 0 Å². The lowest BCUT2D eigenvalue weighted by atomic mass is 9.72. The van der Waals surface area contributed by atoms with Crippen LogP contribution in [0.1, 0.15) is 33.4 Å². The number of nitrogens with zero attached hydrogens (tertiary/aromatic N) is 2. The monoisotopic (exact) mass is 544 g/mol. The molecule has 194 valence electrons. The molecule has 1 aliphatic heterocycles. The first-order valence-corrected chi connectivity index (χ1v) is 15.4. The molecule has 2 spiro atoms. The van der Waals surface area contributed by atoms with Crippen LogP contribution in [0, 0.1) is 0 Å². The molecule has 0 amide bonds. The fourth-order valence-electron chi connectivity index (χ4n) is 7.12. The quantitative estimate of drug-likeness (QED) is 0.256. The fraction of sp³-hybridized carbons (Fsp3) is 0.200. The van der Waals surface area contributed by atoms with Crippen LogP contribution in [0.25, 0.3) is 22.5 Å². The second-order valence-corrected chi connectivity index (χ2v) is 13.6. The molecule has 0 aromatic heterocycles. The van der Waals surface area contributed by atoms with Gasteiger partial charge in [0, 0.05) is 66.9 Å². The van der Waals surface area contributed by atoms with Gasteiger partial charge in [0.05, 0.1) is 9.49 Å². The molecule has 0 bridgehead atoms. The molecule has 1 fully saturated rings. The van der Waals surface area contributed by atoms with E-state index in [0.717, 1.165) is 5.08 Å². The molecule has 2 nitrogen and oxygen atoms in total. The molecule has 4 heteroatoms. The Bertz CT molecular complexity index is 1510. The first-order chi connectivity index (χ1) is 19.0. The molecule has 3 aliphatic rings. The molecule has 2 aliphatic carbocycles. The predicted octanol–water partition coefficient (Wildman–Crippen LogP) is 8.10. The van der Waals surface area contributed by atoms with Gasteiger partial charge in [0.1, 0.15) is 0 Å². The van der Waals surface area contributed by atoms with E-state index in [1.807, 2.05) is 0 Å². The van der Waals surface area contributed by atoms with E-state index in [1.54, 1.807) is 0 Å². The van der Waals surface area contributed by atoms with Gasteiger partial charge in [-0.25, -0.2) is 0 Å². The molecular weight excluding hydrogens is 513 g/mol. The number of rotatable bonds is 4.